The molecule has 114 valence electrons. The summed E-state index contributed by atoms with van der Waals surface area (Å²) in [7, 11) is -3.07. The van der Waals surface area contributed by atoms with Crippen molar-refractivity contribution in [1.82, 2.24) is 0 Å². The van der Waals surface area contributed by atoms with Gasteiger partial charge >= 0.3 is 0 Å². The third-order valence-electron chi connectivity index (χ3n) is 3.83. The van der Waals surface area contributed by atoms with Crippen LogP contribution in [0.15, 0.2) is 18.2 Å². The summed E-state index contributed by atoms with van der Waals surface area (Å²) in [6, 6.07) is 5.27. The molecule has 0 spiro atoms. The number of fused-ring (bicyclic) bond motifs is 3. The van der Waals surface area contributed by atoms with Crippen molar-refractivity contribution >= 4 is 27.1 Å². The Hall–Kier alpha value is -1.76. The molecule has 0 aliphatic carbocycles. The van der Waals surface area contributed by atoms with Crippen molar-refractivity contribution in [2.45, 2.75) is 19.4 Å². The first kappa shape index (κ1) is 14.2. The predicted octanol–water partition coefficient (Wildman–Crippen LogP) is 1.03. The fourth-order valence-corrected chi connectivity index (χ4v) is 4.46. The van der Waals surface area contributed by atoms with Gasteiger partial charge in [-0.2, -0.15) is 0 Å². The number of ether oxygens (including phenoxy) is 1. The van der Waals surface area contributed by atoms with Crippen LogP contribution in [-0.2, 0) is 14.6 Å². The molecule has 1 atom stereocenters. The second-order valence-electron chi connectivity index (χ2n) is 5.30. The number of carbonyl (C=O) groups excluding carboxylic acids is 1. The Kier molecular flexibility index (Phi) is 3.52. The van der Waals surface area contributed by atoms with Crippen molar-refractivity contribution in [2.24, 2.45) is 0 Å². The lowest BCUT2D eigenvalue weighted by atomic mass is 10.1. The first-order valence-corrected chi connectivity index (χ1v) is 8.85. The lowest BCUT2D eigenvalue weighted by molar-refractivity contribution is -0.116. The summed E-state index contributed by atoms with van der Waals surface area (Å²) in [4.78, 5) is 14.1. The summed E-state index contributed by atoms with van der Waals surface area (Å²) in [5.74, 6) is 0.597. The fourth-order valence-electron chi connectivity index (χ4n) is 2.94. The van der Waals surface area contributed by atoms with Gasteiger partial charge in [0.15, 0.2) is 9.84 Å². The number of hydrogen-bond acceptors (Lipinski definition) is 5. The smallest absolute Gasteiger partial charge is 0.226 e. The Morgan fingerprint density at radius 2 is 2.24 bits per heavy atom. The van der Waals surface area contributed by atoms with Crippen molar-refractivity contribution in [3.05, 3.63) is 18.2 Å². The average Bonchev–Trinajstić information content (AvgIpc) is 2.53. The molecule has 1 fully saturated rings. The molecule has 1 amide bonds. The molecule has 6 nitrogen and oxygen atoms in total. The number of nitrogens with zero attached hydrogens (tertiary/aromatic N) is 1. The SMILES string of the molecule is CCOc1cccc2c1NC(=O)CC1CS(=O)(=O)CCN21. The van der Waals surface area contributed by atoms with Gasteiger partial charge in [-0.1, -0.05) is 6.07 Å². The molecule has 1 N–H and O–H groups in total. The van der Waals surface area contributed by atoms with Gasteiger partial charge in [0.2, 0.25) is 5.91 Å². The average molecular weight is 310 g/mol. The fraction of sp³-hybridized carbons (Fsp3) is 0.500. The lowest BCUT2D eigenvalue weighted by Gasteiger charge is -2.36. The molecule has 1 aromatic rings. The van der Waals surface area contributed by atoms with E-state index in [-0.39, 0.29) is 29.9 Å². The number of hydrogen-bond donors (Lipinski definition) is 1. The maximum absolute atomic E-state index is 12.1. The van der Waals surface area contributed by atoms with Crippen molar-refractivity contribution in [3.63, 3.8) is 0 Å². The van der Waals surface area contributed by atoms with E-state index in [1.165, 1.54) is 0 Å². The van der Waals surface area contributed by atoms with E-state index in [1.807, 2.05) is 30.0 Å². The topological polar surface area (TPSA) is 75.7 Å². The number of anilines is 2. The molecule has 0 bridgehead atoms. The van der Waals surface area contributed by atoms with E-state index >= 15 is 0 Å². The third kappa shape index (κ3) is 2.70. The van der Waals surface area contributed by atoms with E-state index in [1.54, 1.807) is 0 Å². The van der Waals surface area contributed by atoms with Crippen LogP contribution < -0.4 is 15.0 Å². The van der Waals surface area contributed by atoms with E-state index in [4.69, 9.17) is 4.74 Å². The predicted molar refractivity (Wildman–Crippen MR) is 80.6 cm³/mol. The Bertz CT molecular complexity index is 672. The summed E-state index contributed by atoms with van der Waals surface area (Å²) in [5.41, 5.74) is 1.48. The second kappa shape index (κ2) is 5.22. The number of nitrogens with one attached hydrogen (secondary N) is 1. The molecular weight excluding hydrogens is 292 g/mol. The Morgan fingerprint density at radius 1 is 1.43 bits per heavy atom. The van der Waals surface area contributed by atoms with E-state index in [0.717, 1.165) is 5.69 Å². The van der Waals surface area contributed by atoms with Gasteiger partial charge < -0.3 is 15.0 Å². The molecule has 0 aromatic heterocycles. The van der Waals surface area contributed by atoms with Crippen LogP contribution in [0.2, 0.25) is 0 Å². The molecular formula is C14H18N2O4S. The minimum Gasteiger partial charge on any atom is -0.492 e. The number of carbonyl (C=O) groups is 1. The zero-order valence-electron chi connectivity index (χ0n) is 11.8. The van der Waals surface area contributed by atoms with Gasteiger partial charge in [-0.05, 0) is 19.1 Å². The van der Waals surface area contributed by atoms with Crippen LogP contribution in [0, 0.1) is 0 Å². The van der Waals surface area contributed by atoms with E-state index in [9.17, 15) is 13.2 Å². The highest BCUT2D eigenvalue weighted by Gasteiger charge is 2.36. The van der Waals surface area contributed by atoms with Crippen molar-refractivity contribution in [1.29, 1.82) is 0 Å². The maximum atomic E-state index is 12.1. The molecule has 1 unspecified atom stereocenters. The van der Waals surface area contributed by atoms with Crippen molar-refractivity contribution < 1.29 is 17.9 Å². The third-order valence-corrected chi connectivity index (χ3v) is 5.53. The minimum atomic E-state index is -3.07. The Balaban J connectivity index is 2.05. The number of para-hydroxylation sites is 1. The molecule has 2 aliphatic heterocycles. The van der Waals surface area contributed by atoms with Crippen LogP contribution in [0.3, 0.4) is 0 Å². The first-order chi connectivity index (χ1) is 10.00. The largest absolute Gasteiger partial charge is 0.492 e. The zero-order valence-corrected chi connectivity index (χ0v) is 12.6. The number of amides is 1. The molecule has 7 heteroatoms. The van der Waals surface area contributed by atoms with Gasteiger partial charge in [-0.3, -0.25) is 4.79 Å². The second-order valence-corrected chi connectivity index (χ2v) is 7.53. The summed E-state index contributed by atoms with van der Waals surface area (Å²) in [5, 5.41) is 2.86. The summed E-state index contributed by atoms with van der Waals surface area (Å²) in [6.45, 7) is 2.79. The highest BCUT2D eigenvalue weighted by molar-refractivity contribution is 7.91. The Labute approximate surface area is 124 Å². The molecule has 21 heavy (non-hydrogen) atoms. The van der Waals surface area contributed by atoms with Gasteiger partial charge in [-0.15, -0.1) is 0 Å². The summed E-state index contributed by atoms with van der Waals surface area (Å²) < 4.78 is 29.2. The molecule has 2 aliphatic rings. The van der Waals surface area contributed by atoms with E-state index in [2.05, 4.69) is 5.32 Å². The van der Waals surface area contributed by atoms with Crippen molar-refractivity contribution in [2.75, 3.05) is 34.9 Å². The lowest BCUT2D eigenvalue weighted by Crippen LogP contribution is -2.48. The molecule has 1 saturated heterocycles. The molecule has 3 rings (SSSR count). The highest BCUT2D eigenvalue weighted by atomic mass is 32.2. The van der Waals surface area contributed by atoms with Crippen LogP contribution in [0.1, 0.15) is 13.3 Å². The summed E-state index contributed by atoms with van der Waals surface area (Å²) in [6.07, 6.45) is 0.180. The highest BCUT2D eigenvalue weighted by Crippen LogP contribution is 2.39. The summed E-state index contributed by atoms with van der Waals surface area (Å²) >= 11 is 0. The van der Waals surface area contributed by atoms with Crippen LogP contribution in [-0.4, -0.2) is 45.0 Å². The standard InChI is InChI=1S/C14H18N2O4S/c1-2-20-12-5-3-4-11-14(12)15-13(17)8-10-9-21(18,19)7-6-16(10)11/h3-5,10H,2,6-9H2,1H3,(H,15,17). The quantitative estimate of drug-likeness (QED) is 0.883. The maximum Gasteiger partial charge on any atom is 0.226 e. The Morgan fingerprint density at radius 3 is 3.00 bits per heavy atom. The monoisotopic (exact) mass is 310 g/mol. The van der Waals surface area contributed by atoms with E-state index < -0.39 is 9.84 Å². The van der Waals surface area contributed by atoms with Gasteiger partial charge in [0, 0.05) is 13.0 Å². The number of sulfone groups is 1. The van der Waals surface area contributed by atoms with Crippen LogP contribution >= 0.6 is 0 Å². The van der Waals surface area contributed by atoms with Crippen LogP contribution in [0.4, 0.5) is 11.4 Å². The van der Waals surface area contributed by atoms with Gasteiger partial charge in [0.1, 0.15) is 11.4 Å². The normalized spacial score (nSPS) is 23.6. The van der Waals surface area contributed by atoms with E-state index in [0.29, 0.717) is 24.6 Å². The minimum absolute atomic E-state index is 0.0265. The van der Waals surface area contributed by atoms with Crippen molar-refractivity contribution in [3.8, 4) is 5.75 Å². The zero-order chi connectivity index (χ0) is 15.0. The molecule has 0 radical (unpaired) electrons. The molecule has 2 heterocycles. The van der Waals surface area contributed by atoms with Gasteiger partial charge in [0.25, 0.3) is 0 Å². The number of benzene rings is 1. The van der Waals surface area contributed by atoms with Gasteiger partial charge in [0.05, 0.1) is 29.8 Å². The molecule has 1 aromatic carbocycles. The number of rotatable bonds is 2. The van der Waals surface area contributed by atoms with Crippen LogP contribution in [0.5, 0.6) is 5.75 Å². The van der Waals surface area contributed by atoms with Crippen LogP contribution in [0.25, 0.3) is 0 Å². The first-order valence-electron chi connectivity index (χ1n) is 7.03. The van der Waals surface area contributed by atoms with Gasteiger partial charge in [-0.25, -0.2) is 8.42 Å². The molecule has 0 saturated carbocycles.